The summed E-state index contributed by atoms with van der Waals surface area (Å²) in [6.07, 6.45) is 6.05. The molecule has 0 fully saturated rings. The number of rotatable bonds is 7. The van der Waals surface area contributed by atoms with E-state index in [1.807, 2.05) is 18.6 Å². The van der Waals surface area contributed by atoms with Gasteiger partial charge in [0, 0.05) is 52.8 Å². The molecule has 39 heavy (non-hydrogen) atoms. The molecule has 0 atom stereocenters. The maximum Gasteiger partial charge on any atom is 0.262 e. The third kappa shape index (κ3) is 4.98. The Hall–Kier alpha value is -4.58. The highest BCUT2D eigenvalue weighted by atomic mass is 32.2. The molecule has 3 aromatic heterocycles. The minimum Gasteiger partial charge on any atom is -0.345 e. The fourth-order valence-electron chi connectivity index (χ4n) is 3.95. The molecular formula is C27H20F3N5O3S. The maximum absolute atomic E-state index is 15.4. The number of aromatic nitrogens is 4. The average Bonchev–Trinajstić information content (AvgIpc) is 3.34. The summed E-state index contributed by atoms with van der Waals surface area (Å²) in [5, 5.41) is 0.287. The van der Waals surface area contributed by atoms with Crippen LogP contribution in [0.4, 0.5) is 18.9 Å². The molecule has 0 saturated carbocycles. The molecule has 5 aromatic rings. The highest BCUT2D eigenvalue weighted by molar-refractivity contribution is 7.92. The number of nitrogens with one attached hydrogen (secondary N) is 2. The Morgan fingerprint density at radius 2 is 1.67 bits per heavy atom. The number of fused-ring (bicyclic) bond motifs is 1. The Kier molecular flexibility index (Phi) is 6.64. The summed E-state index contributed by atoms with van der Waals surface area (Å²) >= 11 is 0. The Labute approximate surface area is 221 Å². The number of ketones is 1. The van der Waals surface area contributed by atoms with E-state index in [1.165, 1.54) is 12.3 Å². The van der Waals surface area contributed by atoms with Crippen LogP contribution < -0.4 is 4.72 Å². The standard InChI is InChI=1S/C27H20F3N5O3S/c1-14(2)26-31-11-16(12-32-26)15-8-19-20(13-34-27(19)33-10-15)25(36)23-21(29)6-7-22(24(23)30)35-39(37,38)18-5-3-4-17(28)9-18/h3-14,35H,1-2H3,(H,33,34). The van der Waals surface area contributed by atoms with Crippen molar-refractivity contribution >= 4 is 32.5 Å². The summed E-state index contributed by atoms with van der Waals surface area (Å²) in [7, 11) is -4.44. The molecule has 0 aliphatic heterocycles. The van der Waals surface area contributed by atoms with E-state index in [9.17, 15) is 22.0 Å². The largest absolute Gasteiger partial charge is 0.345 e. The molecule has 0 radical (unpaired) electrons. The third-order valence-corrected chi connectivity index (χ3v) is 7.33. The SMILES string of the molecule is CC(C)c1ncc(-c2cnc3[nH]cc(C(=O)c4c(F)ccc(NS(=O)(=O)c5cccc(F)c5)c4F)c3c2)cn1. The lowest BCUT2D eigenvalue weighted by molar-refractivity contribution is 0.103. The predicted octanol–water partition coefficient (Wildman–Crippen LogP) is 5.59. The van der Waals surface area contributed by atoms with E-state index in [-0.39, 0.29) is 16.9 Å². The predicted molar refractivity (Wildman–Crippen MR) is 138 cm³/mol. The molecule has 0 unspecified atom stereocenters. The van der Waals surface area contributed by atoms with E-state index in [0.717, 1.165) is 30.3 Å². The first-order chi connectivity index (χ1) is 18.5. The number of anilines is 1. The van der Waals surface area contributed by atoms with E-state index in [0.29, 0.717) is 22.6 Å². The molecule has 2 N–H and O–H groups in total. The van der Waals surface area contributed by atoms with Crippen LogP contribution in [0.5, 0.6) is 0 Å². The Morgan fingerprint density at radius 3 is 2.36 bits per heavy atom. The van der Waals surface area contributed by atoms with Crippen molar-refractivity contribution in [3.05, 3.63) is 102 Å². The zero-order valence-electron chi connectivity index (χ0n) is 20.5. The van der Waals surface area contributed by atoms with Crippen LogP contribution in [0.3, 0.4) is 0 Å². The van der Waals surface area contributed by atoms with Gasteiger partial charge in [-0.25, -0.2) is 36.5 Å². The fraction of sp³-hybridized carbons (Fsp3) is 0.111. The summed E-state index contributed by atoms with van der Waals surface area (Å²) in [6.45, 7) is 3.92. The first-order valence-electron chi connectivity index (χ1n) is 11.7. The van der Waals surface area contributed by atoms with Crippen LogP contribution in [0.1, 0.15) is 41.5 Å². The molecule has 2 aromatic carbocycles. The van der Waals surface area contributed by atoms with Gasteiger partial charge < -0.3 is 4.98 Å². The number of carbonyl (C=O) groups is 1. The highest BCUT2D eigenvalue weighted by Crippen LogP contribution is 2.30. The number of carbonyl (C=O) groups excluding carboxylic acids is 1. The van der Waals surface area contributed by atoms with Crippen molar-refractivity contribution in [2.45, 2.75) is 24.7 Å². The quantitative estimate of drug-likeness (QED) is 0.255. The first kappa shape index (κ1) is 26.0. The topological polar surface area (TPSA) is 118 Å². The molecule has 198 valence electrons. The van der Waals surface area contributed by atoms with Gasteiger partial charge in [0.05, 0.1) is 16.1 Å². The van der Waals surface area contributed by atoms with E-state index in [1.54, 1.807) is 24.7 Å². The Balaban J connectivity index is 1.53. The van der Waals surface area contributed by atoms with E-state index in [2.05, 4.69) is 19.9 Å². The molecule has 0 bridgehead atoms. The monoisotopic (exact) mass is 551 g/mol. The zero-order chi connectivity index (χ0) is 27.9. The Bertz CT molecular complexity index is 1840. The lowest BCUT2D eigenvalue weighted by atomic mass is 10.0. The van der Waals surface area contributed by atoms with Gasteiger partial charge in [0.2, 0.25) is 5.78 Å². The van der Waals surface area contributed by atoms with Gasteiger partial charge in [-0.2, -0.15) is 0 Å². The number of halogens is 3. The molecule has 0 saturated heterocycles. The van der Waals surface area contributed by atoms with Gasteiger partial charge in [0.1, 0.15) is 23.1 Å². The molecule has 0 spiro atoms. The van der Waals surface area contributed by atoms with Crippen molar-refractivity contribution in [3.63, 3.8) is 0 Å². The minimum absolute atomic E-state index is 0.0815. The van der Waals surface area contributed by atoms with Crippen LogP contribution in [0.15, 0.2) is 72.1 Å². The summed E-state index contributed by atoms with van der Waals surface area (Å²) in [5.41, 5.74) is -0.230. The zero-order valence-corrected chi connectivity index (χ0v) is 21.4. The molecule has 0 aliphatic rings. The van der Waals surface area contributed by atoms with Crippen LogP contribution in [0, 0.1) is 17.5 Å². The van der Waals surface area contributed by atoms with Gasteiger partial charge in [-0.15, -0.1) is 0 Å². The summed E-state index contributed by atoms with van der Waals surface area (Å²) in [5.74, 6) is -3.67. The van der Waals surface area contributed by atoms with Crippen LogP contribution in [0.25, 0.3) is 22.2 Å². The number of benzene rings is 2. The lowest BCUT2D eigenvalue weighted by Gasteiger charge is -2.12. The van der Waals surface area contributed by atoms with E-state index < -0.39 is 49.4 Å². The van der Waals surface area contributed by atoms with E-state index >= 15 is 4.39 Å². The van der Waals surface area contributed by atoms with Crippen molar-refractivity contribution < 1.29 is 26.4 Å². The maximum atomic E-state index is 15.4. The molecule has 0 amide bonds. The number of pyridine rings is 1. The molecule has 5 rings (SSSR count). The van der Waals surface area contributed by atoms with Crippen molar-refractivity contribution in [2.24, 2.45) is 0 Å². The number of hydrogen-bond acceptors (Lipinski definition) is 6. The number of H-pyrrole nitrogens is 1. The number of nitrogens with zero attached hydrogens (tertiary/aromatic N) is 3. The molecule has 8 nitrogen and oxygen atoms in total. The van der Waals surface area contributed by atoms with Crippen LogP contribution in [0.2, 0.25) is 0 Å². The normalized spacial score (nSPS) is 11.7. The average molecular weight is 552 g/mol. The summed E-state index contributed by atoms with van der Waals surface area (Å²) in [4.78, 5) is 28.7. The molecule has 3 heterocycles. The van der Waals surface area contributed by atoms with Crippen molar-refractivity contribution in [3.8, 4) is 11.1 Å². The lowest BCUT2D eigenvalue weighted by Crippen LogP contribution is -2.16. The third-order valence-electron chi connectivity index (χ3n) is 5.97. The van der Waals surface area contributed by atoms with Crippen LogP contribution in [-0.2, 0) is 10.0 Å². The molecule has 12 heteroatoms. The summed E-state index contributed by atoms with van der Waals surface area (Å²) in [6, 6.07) is 7.30. The van der Waals surface area contributed by atoms with Gasteiger partial charge in [-0.3, -0.25) is 9.52 Å². The smallest absolute Gasteiger partial charge is 0.262 e. The molecular weight excluding hydrogens is 531 g/mol. The number of aromatic amines is 1. The van der Waals surface area contributed by atoms with Gasteiger partial charge in [-0.1, -0.05) is 19.9 Å². The first-order valence-corrected chi connectivity index (χ1v) is 13.1. The minimum atomic E-state index is -4.44. The Morgan fingerprint density at radius 1 is 0.949 bits per heavy atom. The van der Waals surface area contributed by atoms with Crippen LogP contribution in [-0.4, -0.2) is 34.1 Å². The van der Waals surface area contributed by atoms with Crippen LogP contribution >= 0.6 is 0 Å². The fourth-order valence-corrected chi connectivity index (χ4v) is 5.04. The number of hydrogen-bond donors (Lipinski definition) is 2. The van der Waals surface area contributed by atoms with Gasteiger partial charge in [0.25, 0.3) is 10.0 Å². The van der Waals surface area contributed by atoms with Crippen molar-refractivity contribution in [1.29, 1.82) is 0 Å². The number of sulfonamides is 1. The molecule has 0 aliphatic carbocycles. The van der Waals surface area contributed by atoms with E-state index in [4.69, 9.17) is 0 Å². The van der Waals surface area contributed by atoms with Crippen molar-refractivity contribution in [2.75, 3.05) is 4.72 Å². The second kappa shape index (κ2) is 9.95. The van der Waals surface area contributed by atoms with Gasteiger partial charge >= 0.3 is 0 Å². The van der Waals surface area contributed by atoms with Gasteiger partial charge in [-0.05, 0) is 36.4 Å². The van der Waals surface area contributed by atoms with Gasteiger partial charge in [0.15, 0.2) is 5.82 Å². The second-order valence-corrected chi connectivity index (χ2v) is 10.7. The van der Waals surface area contributed by atoms with Crippen molar-refractivity contribution in [1.82, 2.24) is 19.9 Å². The summed E-state index contributed by atoms with van der Waals surface area (Å²) < 4.78 is 71.1. The second-order valence-electron chi connectivity index (χ2n) is 8.98. The highest BCUT2D eigenvalue weighted by Gasteiger charge is 2.26.